The van der Waals surface area contributed by atoms with Crippen LogP contribution in [-0.4, -0.2) is 43.9 Å². The van der Waals surface area contributed by atoms with Crippen molar-refractivity contribution in [3.8, 4) is 28.7 Å². The molecular formula is C26H26N8O3. The zero-order chi connectivity index (χ0) is 26.1. The molecule has 37 heavy (non-hydrogen) atoms. The van der Waals surface area contributed by atoms with Gasteiger partial charge in [-0.2, -0.15) is 10.4 Å². The minimum absolute atomic E-state index is 0.0572. The van der Waals surface area contributed by atoms with Crippen LogP contribution in [0.15, 0.2) is 30.5 Å². The van der Waals surface area contributed by atoms with Gasteiger partial charge in [-0.3, -0.25) is 0 Å². The maximum atomic E-state index is 12.9. The zero-order valence-corrected chi connectivity index (χ0v) is 20.6. The molecule has 0 spiro atoms. The van der Waals surface area contributed by atoms with Crippen LogP contribution in [0.3, 0.4) is 0 Å². The van der Waals surface area contributed by atoms with Crippen molar-refractivity contribution < 1.29 is 14.3 Å². The number of anilines is 2. The number of pyridine rings is 1. The number of esters is 1. The molecule has 0 radical (unpaired) electrons. The van der Waals surface area contributed by atoms with E-state index in [0.717, 1.165) is 35.7 Å². The number of ether oxygens (including phenoxy) is 2. The first-order valence-electron chi connectivity index (χ1n) is 12.0. The average molecular weight is 499 g/mol. The van der Waals surface area contributed by atoms with Gasteiger partial charge in [0.05, 0.1) is 35.3 Å². The highest BCUT2D eigenvalue weighted by molar-refractivity contribution is 6.03. The topological polar surface area (TPSA) is 168 Å². The maximum Gasteiger partial charge on any atom is 0.359 e. The van der Waals surface area contributed by atoms with E-state index in [1.165, 1.54) is 6.07 Å². The fourth-order valence-electron chi connectivity index (χ4n) is 4.55. The molecule has 1 aliphatic rings. The molecule has 0 saturated carbocycles. The Morgan fingerprint density at radius 2 is 2.05 bits per heavy atom. The summed E-state index contributed by atoms with van der Waals surface area (Å²) in [6.45, 7) is 4.48. The van der Waals surface area contributed by atoms with Crippen molar-refractivity contribution in [2.75, 3.05) is 24.7 Å². The first-order chi connectivity index (χ1) is 17.9. The maximum absolute atomic E-state index is 12.9. The summed E-state index contributed by atoms with van der Waals surface area (Å²) in [7, 11) is 0. The Morgan fingerprint density at radius 3 is 2.76 bits per heavy atom. The van der Waals surface area contributed by atoms with Crippen molar-refractivity contribution in [3.63, 3.8) is 0 Å². The van der Waals surface area contributed by atoms with Crippen LogP contribution in [0.1, 0.15) is 54.2 Å². The van der Waals surface area contributed by atoms with E-state index < -0.39 is 5.97 Å². The van der Waals surface area contributed by atoms with Crippen LogP contribution in [0, 0.1) is 18.3 Å². The number of nitriles is 1. The minimum Gasteiger partial charge on any atom is -0.461 e. The van der Waals surface area contributed by atoms with E-state index in [0.29, 0.717) is 23.4 Å². The van der Waals surface area contributed by atoms with Gasteiger partial charge in [-0.05, 0) is 56.9 Å². The lowest BCUT2D eigenvalue weighted by Crippen LogP contribution is -2.19. The van der Waals surface area contributed by atoms with Crippen LogP contribution in [0.25, 0.3) is 33.5 Å². The van der Waals surface area contributed by atoms with E-state index in [1.807, 2.05) is 29.8 Å². The number of nitrogen functional groups attached to an aromatic ring is 2. The van der Waals surface area contributed by atoms with Crippen molar-refractivity contribution in [1.29, 1.82) is 5.26 Å². The lowest BCUT2D eigenvalue weighted by Gasteiger charge is -2.23. The molecule has 11 heteroatoms. The second-order valence-electron chi connectivity index (χ2n) is 8.72. The van der Waals surface area contributed by atoms with E-state index in [4.69, 9.17) is 31.2 Å². The van der Waals surface area contributed by atoms with Gasteiger partial charge < -0.3 is 20.9 Å². The molecular weight excluding hydrogens is 472 g/mol. The van der Waals surface area contributed by atoms with Crippen molar-refractivity contribution in [2.24, 2.45) is 0 Å². The number of nitrogens with zero attached hydrogens (tertiary/aromatic N) is 6. The molecule has 4 heterocycles. The van der Waals surface area contributed by atoms with Crippen LogP contribution >= 0.6 is 0 Å². The third-order valence-corrected chi connectivity index (χ3v) is 6.35. The Morgan fingerprint density at radius 1 is 1.22 bits per heavy atom. The smallest absolute Gasteiger partial charge is 0.359 e. The third kappa shape index (κ3) is 4.32. The number of aryl methyl sites for hydroxylation is 1. The van der Waals surface area contributed by atoms with Crippen molar-refractivity contribution >= 4 is 28.4 Å². The molecule has 1 saturated heterocycles. The molecule has 0 bridgehead atoms. The Kier molecular flexibility index (Phi) is 6.42. The highest BCUT2D eigenvalue weighted by Gasteiger charge is 2.26. The quantitative estimate of drug-likeness (QED) is 0.386. The van der Waals surface area contributed by atoms with Gasteiger partial charge in [0.15, 0.2) is 17.7 Å². The largest absolute Gasteiger partial charge is 0.461 e. The monoisotopic (exact) mass is 498 g/mol. The summed E-state index contributed by atoms with van der Waals surface area (Å²) in [5.74, 6) is -0.482. The van der Waals surface area contributed by atoms with Gasteiger partial charge in [0.2, 0.25) is 0 Å². The highest BCUT2D eigenvalue weighted by atomic mass is 16.5. The van der Waals surface area contributed by atoms with Gasteiger partial charge in [-0.1, -0.05) is 6.07 Å². The lowest BCUT2D eigenvalue weighted by molar-refractivity contribution is -0.0366. The van der Waals surface area contributed by atoms with Crippen LogP contribution in [0.5, 0.6) is 0 Å². The normalized spacial score (nSPS) is 15.4. The number of rotatable bonds is 5. The van der Waals surface area contributed by atoms with Gasteiger partial charge in [0, 0.05) is 17.6 Å². The SMILES string of the molecule is CCOC(=O)c1nc(-c2ccc(C#N)nc2N)nc(-c2c(C)ccc3c2cnn3C2CCCCO2)c1N. The molecule has 3 aromatic heterocycles. The van der Waals surface area contributed by atoms with E-state index in [9.17, 15) is 4.79 Å². The van der Waals surface area contributed by atoms with Crippen molar-refractivity contribution in [2.45, 2.75) is 39.3 Å². The summed E-state index contributed by atoms with van der Waals surface area (Å²) in [4.78, 5) is 26.1. The Hall–Kier alpha value is -4.56. The van der Waals surface area contributed by atoms with Gasteiger partial charge in [-0.25, -0.2) is 24.4 Å². The number of hydrogen-bond donors (Lipinski definition) is 2. The number of fused-ring (bicyclic) bond motifs is 1. The number of nitrogens with two attached hydrogens (primary N) is 2. The first-order valence-corrected chi connectivity index (χ1v) is 12.0. The molecule has 1 unspecified atom stereocenters. The van der Waals surface area contributed by atoms with Crippen LogP contribution in [-0.2, 0) is 9.47 Å². The van der Waals surface area contributed by atoms with E-state index >= 15 is 0 Å². The number of hydrogen-bond acceptors (Lipinski definition) is 10. The first kappa shape index (κ1) is 24.1. The third-order valence-electron chi connectivity index (χ3n) is 6.35. The van der Waals surface area contributed by atoms with Gasteiger partial charge >= 0.3 is 5.97 Å². The summed E-state index contributed by atoms with van der Waals surface area (Å²) >= 11 is 0. The Bertz CT molecular complexity index is 1550. The summed E-state index contributed by atoms with van der Waals surface area (Å²) in [6.07, 6.45) is 4.58. The van der Waals surface area contributed by atoms with E-state index in [2.05, 4.69) is 15.1 Å². The molecule has 1 aromatic carbocycles. The highest BCUT2D eigenvalue weighted by Crippen LogP contribution is 2.38. The minimum atomic E-state index is -0.679. The Labute approximate surface area is 213 Å². The molecule has 4 aromatic rings. The molecule has 1 fully saturated rings. The Balaban J connectivity index is 1.75. The van der Waals surface area contributed by atoms with E-state index in [-0.39, 0.29) is 41.6 Å². The van der Waals surface area contributed by atoms with Gasteiger partial charge in [0.25, 0.3) is 0 Å². The molecule has 0 aliphatic carbocycles. The standard InChI is InChI=1S/C26H26N8O3/c1-3-36-26(35)23-21(28)22(32-25(33-23)16-9-8-15(12-27)31-24(16)29)20-14(2)7-10-18-17(20)13-30-34(18)19-6-4-5-11-37-19/h7-10,13,19H,3-6,11,28H2,1-2H3,(H2,29,31). The number of carbonyl (C=O) groups is 1. The second-order valence-corrected chi connectivity index (χ2v) is 8.72. The molecule has 4 N–H and O–H groups in total. The van der Waals surface area contributed by atoms with Gasteiger partial charge in [-0.15, -0.1) is 0 Å². The summed E-state index contributed by atoms with van der Waals surface area (Å²) < 4.78 is 13.1. The molecule has 1 atom stereocenters. The van der Waals surface area contributed by atoms with Crippen LogP contribution in [0.4, 0.5) is 11.5 Å². The molecule has 1 aliphatic heterocycles. The second kappa shape index (κ2) is 9.83. The van der Waals surface area contributed by atoms with Crippen LogP contribution in [0.2, 0.25) is 0 Å². The van der Waals surface area contributed by atoms with Gasteiger partial charge in [0.1, 0.15) is 17.6 Å². The molecule has 11 nitrogen and oxygen atoms in total. The molecule has 188 valence electrons. The van der Waals surface area contributed by atoms with Crippen LogP contribution < -0.4 is 11.5 Å². The predicted molar refractivity (Wildman–Crippen MR) is 137 cm³/mol. The summed E-state index contributed by atoms with van der Waals surface area (Å²) in [5, 5.41) is 14.6. The summed E-state index contributed by atoms with van der Waals surface area (Å²) in [5.41, 5.74) is 16.0. The average Bonchev–Trinajstić information content (AvgIpc) is 3.34. The zero-order valence-electron chi connectivity index (χ0n) is 20.6. The van der Waals surface area contributed by atoms with E-state index in [1.54, 1.807) is 19.2 Å². The van der Waals surface area contributed by atoms with Crippen molar-refractivity contribution in [3.05, 3.63) is 47.4 Å². The molecule has 0 amide bonds. The summed E-state index contributed by atoms with van der Waals surface area (Å²) in [6, 6.07) is 9.01. The number of aromatic nitrogens is 5. The predicted octanol–water partition coefficient (Wildman–Crippen LogP) is 3.78. The molecule has 5 rings (SSSR count). The fourth-order valence-corrected chi connectivity index (χ4v) is 4.55. The van der Waals surface area contributed by atoms with Crippen molar-refractivity contribution in [1.82, 2.24) is 24.7 Å². The lowest BCUT2D eigenvalue weighted by atomic mass is 9.99. The number of benzene rings is 1. The fraction of sp³-hybridized carbons (Fsp3) is 0.308. The number of carbonyl (C=O) groups excluding carboxylic acids is 1.